The van der Waals surface area contributed by atoms with Crippen LogP contribution in [0.4, 0.5) is 5.69 Å². The predicted octanol–water partition coefficient (Wildman–Crippen LogP) is 4.32. The highest BCUT2D eigenvalue weighted by atomic mass is 35.5. The third-order valence-corrected chi connectivity index (χ3v) is 5.53. The van der Waals surface area contributed by atoms with Crippen LogP contribution in [0.15, 0.2) is 36.4 Å². The van der Waals surface area contributed by atoms with Crippen molar-refractivity contribution in [3.05, 3.63) is 51.9 Å². The number of halogens is 1. The molecule has 0 atom stereocenters. The van der Waals surface area contributed by atoms with Crippen LogP contribution in [0.25, 0.3) is 10.1 Å². The summed E-state index contributed by atoms with van der Waals surface area (Å²) in [5, 5.41) is 3.91. The van der Waals surface area contributed by atoms with Gasteiger partial charge in [-0.1, -0.05) is 11.6 Å². The van der Waals surface area contributed by atoms with Crippen molar-refractivity contribution in [2.45, 2.75) is 0 Å². The van der Waals surface area contributed by atoms with Gasteiger partial charge in [-0.05, 0) is 36.4 Å². The van der Waals surface area contributed by atoms with Gasteiger partial charge in [0.1, 0.15) is 4.88 Å². The van der Waals surface area contributed by atoms with Gasteiger partial charge in [0.2, 0.25) is 6.79 Å². The number of ether oxygens (including phenoxy) is 3. The minimum atomic E-state index is -0.484. The zero-order chi connectivity index (χ0) is 18.3. The van der Waals surface area contributed by atoms with Gasteiger partial charge in [0, 0.05) is 21.3 Å². The number of anilines is 1. The van der Waals surface area contributed by atoms with Crippen molar-refractivity contribution >= 4 is 50.6 Å². The molecular formula is C18H12ClNO5S. The molecule has 1 aliphatic heterocycles. The number of carbonyl (C=O) groups is 2. The van der Waals surface area contributed by atoms with E-state index >= 15 is 0 Å². The molecule has 2 aromatic carbocycles. The fourth-order valence-corrected chi connectivity index (χ4v) is 4.07. The van der Waals surface area contributed by atoms with E-state index in [2.05, 4.69) is 5.32 Å². The predicted molar refractivity (Wildman–Crippen MR) is 98.7 cm³/mol. The summed E-state index contributed by atoms with van der Waals surface area (Å²) in [7, 11) is 1.31. The fraction of sp³-hybridized carbons (Fsp3) is 0.111. The average Bonchev–Trinajstić information content (AvgIpc) is 3.24. The zero-order valence-corrected chi connectivity index (χ0v) is 15.1. The lowest BCUT2D eigenvalue weighted by Gasteiger charge is -2.06. The molecule has 1 aliphatic rings. The molecule has 0 aliphatic carbocycles. The first-order valence-corrected chi connectivity index (χ1v) is 8.77. The van der Waals surface area contributed by atoms with Gasteiger partial charge < -0.3 is 19.5 Å². The highest BCUT2D eigenvalue weighted by Crippen LogP contribution is 2.37. The van der Waals surface area contributed by atoms with E-state index in [1.54, 1.807) is 36.4 Å². The number of hydrogen-bond acceptors (Lipinski definition) is 6. The Kier molecular flexibility index (Phi) is 4.18. The number of carbonyl (C=O) groups excluding carboxylic acids is 2. The van der Waals surface area contributed by atoms with Crippen LogP contribution in [0.5, 0.6) is 11.5 Å². The van der Waals surface area contributed by atoms with Crippen molar-refractivity contribution in [3.8, 4) is 11.5 Å². The third-order valence-electron chi connectivity index (χ3n) is 3.89. The maximum atomic E-state index is 12.5. The van der Waals surface area contributed by atoms with Crippen molar-refractivity contribution < 1.29 is 23.8 Å². The number of hydrogen-bond donors (Lipinski definition) is 1. The highest BCUT2D eigenvalue weighted by Gasteiger charge is 2.19. The molecule has 1 N–H and O–H groups in total. The monoisotopic (exact) mass is 389 g/mol. The lowest BCUT2D eigenvalue weighted by Crippen LogP contribution is -2.11. The Morgan fingerprint density at radius 1 is 1.15 bits per heavy atom. The van der Waals surface area contributed by atoms with E-state index < -0.39 is 5.97 Å². The Hall–Kier alpha value is -2.77. The summed E-state index contributed by atoms with van der Waals surface area (Å²) in [4.78, 5) is 24.6. The first-order chi connectivity index (χ1) is 12.6. The van der Waals surface area contributed by atoms with Crippen LogP contribution in [0.1, 0.15) is 20.0 Å². The van der Waals surface area contributed by atoms with Crippen molar-refractivity contribution in [3.63, 3.8) is 0 Å². The quantitative estimate of drug-likeness (QED) is 0.675. The lowest BCUT2D eigenvalue weighted by atomic mass is 10.1. The highest BCUT2D eigenvalue weighted by molar-refractivity contribution is 7.21. The molecule has 6 nitrogen and oxygen atoms in total. The lowest BCUT2D eigenvalue weighted by molar-refractivity contribution is 0.0606. The summed E-state index contributed by atoms with van der Waals surface area (Å²) >= 11 is 7.45. The second-order valence-electron chi connectivity index (χ2n) is 5.47. The first-order valence-electron chi connectivity index (χ1n) is 7.58. The molecule has 0 fully saturated rings. The Morgan fingerprint density at radius 2 is 1.96 bits per heavy atom. The Morgan fingerprint density at radius 3 is 2.77 bits per heavy atom. The zero-order valence-electron chi connectivity index (χ0n) is 13.5. The van der Waals surface area contributed by atoms with Gasteiger partial charge in [-0.2, -0.15) is 0 Å². The molecule has 0 unspecified atom stereocenters. The van der Waals surface area contributed by atoms with E-state index in [9.17, 15) is 9.59 Å². The van der Waals surface area contributed by atoms with Gasteiger partial charge in [-0.25, -0.2) is 4.79 Å². The SMILES string of the molecule is COC(=O)c1sc2cc(NC(=O)c3ccc4c(c3)OCO4)ccc2c1Cl. The van der Waals surface area contributed by atoms with Crippen LogP contribution in [0.2, 0.25) is 5.02 Å². The number of thiophene rings is 1. The summed E-state index contributed by atoms with van der Waals surface area (Å²) in [6, 6.07) is 10.3. The topological polar surface area (TPSA) is 73.9 Å². The molecule has 132 valence electrons. The van der Waals surface area contributed by atoms with Gasteiger partial charge in [0.05, 0.1) is 12.1 Å². The second kappa shape index (κ2) is 6.51. The minimum absolute atomic E-state index is 0.152. The van der Waals surface area contributed by atoms with Crippen LogP contribution in [0, 0.1) is 0 Å². The number of rotatable bonds is 3. The molecule has 0 radical (unpaired) electrons. The standard InChI is InChI=1S/C18H12ClNO5S/c1-23-18(22)16-15(19)11-4-3-10(7-14(11)26-16)20-17(21)9-2-5-12-13(6-9)25-8-24-12/h2-7H,8H2,1H3,(H,20,21). The van der Waals surface area contributed by atoms with Crippen molar-refractivity contribution in [2.24, 2.45) is 0 Å². The molecule has 0 bridgehead atoms. The molecular weight excluding hydrogens is 378 g/mol. The van der Waals surface area contributed by atoms with Gasteiger partial charge >= 0.3 is 5.97 Å². The summed E-state index contributed by atoms with van der Waals surface area (Å²) in [6.45, 7) is 0.152. The van der Waals surface area contributed by atoms with Gasteiger partial charge in [0.15, 0.2) is 11.5 Å². The van der Waals surface area contributed by atoms with E-state index in [0.29, 0.717) is 32.6 Å². The molecule has 3 aromatic rings. The number of nitrogens with one attached hydrogen (secondary N) is 1. The van der Waals surface area contributed by atoms with Crippen LogP contribution in [0.3, 0.4) is 0 Å². The number of amides is 1. The van der Waals surface area contributed by atoms with E-state index in [-0.39, 0.29) is 12.7 Å². The number of esters is 1. The molecule has 1 aromatic heterocycles. The molecule has 26 heavy (non-hydrogen) atoms. The average molecular weight is 390 g/mol. The molecule has 8 heteroatoms. The molecule has 0 saturated heterocycles. The molecule has 0 saturated carbocycles. The fourth-order valence-electron chi connectivity index (χ4n) is 2.61. The summed E-state index contributed by atoms with van der Waals surface area (Å²) < 4.78 is 16.0. The molecule has 0 spiro atoms. The Bertz CT molecular complexity index is 1050. The van der Waals surface area contributed by atoms with E-state index in [1.165, 1.54) is 18.4 Å². The van der Waals surface area contributed by atoms with Gasteiger partial charge in [-0.3, -0.25) is 4.79 Å². The number of fused-ring (bicyclic) bond motifs is 2. The van der Waals surface area contributed by atoms with E-state index in [4.69, 9.17) is 25.8 Å². The van der Waals surface area contributed by atoms with Crippen molar-refractivity contribution in [2.75, 3.05) is 19.2 Å². The maximum Gasteiger partial charge on any atom is 0.349 e. The van der Waals surface area contributed by atoms with Crippen molar-refractivity contribution in [1.82, 2.24) is 0 Å². The number of methoxy groups -OCH3 is 1. The number of benzene rings is 2. The van der Waals surface area contributed by atoms with Gasteiger partial charge in [0.25, 0.3) is 5.91 Å². The summed E-state index contributed by atoms with van der Waals surface area (Å²) in [5.41, 5.74) is 1.04. The Labute approximate surface area is 157 Å². The van der Waals surface area contributed by atoms with E-state index in [1.807, 2.05) is 0 Å². The summed E-state index contributed by atoms with van der Waals surface area (Å²) in [5.74, 6) is 0.396. The van der Waals surface area contributed by atoms with Crippen LogP contribution >= 0.6 is 22.9 Å². The summed E-state index contributed by atoms with van der Waals surface area (Å²) in [6.07, 6.45) is 0. The van der Waals surface area contributed by atoms with Crippen LogP contribution in [-0.4, -0.2) is 25.8 Å². The normalized spacial score (nSPS) is 12.2. The van der Waals surface area contributed by atoms with Crippen molar-refractivity contribution in [1.29, 1.82) is 0 Å². The van der Waals surface area contributed by atoms with Crippen LogP contribution < -0.4 is 14.8 Å². The third kappa shape index (κ3) is 2.85. The first kappa shape index (κ1) is 16.7. The molecule has 2 heterocycles. The molecule has 1 amide bonds. The minimum Gasteiger partial charge on any atom is -0.465 e. The molecule has 4 rings (SSSR count). The van der Waals surface area contributed by atoms with Gasteiger partial charge in [-0.15, -0.1) is 11.3 Å². The largest absolute Gasteiger partial charge is 0.465 e. The van der Waals surface area contributed by atoms with E-state index in [0.717, 1.165) is 10.1 Å². The smallest absolute Gasteiger partial charge is 0.349 e. The van der Waals surface area contributed by atoms with Crippen LogP contribution in [-0.2, 0) is 4.74 Å². The second-order valence-corrected chi connectivity index (χ2v) is 6.90. The maximum absolute atomic E-state index is 12.5. The Balaban J connectivity index is 1.61.